The molecule has 1 aliphatic rings. The highest BCUT2D eigenvalue weighted by Gasteiger charge is 2.24. The molecule has 0 spiro atoms. The first-order chi connectivity index (χ1) is 16.4. The molecule has 0 radical (unpaired) electrons. The van der Waals surface area contributed by atoms with Crippen LogP contribution in [0.5, 0.6) is 5.75 Å². The van der Waals surface area contributed by atoms with Crippen LogP contribution in [0.4, 0.5) is 14.6 Å². The molecular weight excluding hydrogens is 446 g/mol. The SMILES string of the molecule is COc1ccc(F)cc1C(=O)NCc1ccc(-c2nn(C3CCCOC3)c(N)c2C=O)cc1F. The molecule has 0 aliphatic carbocycles. The zero-order valence-corrected chi connectivity index (χ0v) is 18.5. The number of carbonyl (C=O) groups excluding carboxylic acids is 2. The molecule has 3 aromatic rings. The Morgan fingerprint density at radius 2 is 2.15 bits per heavy atom. The summed E-state index contributed by atoms with van der Waals surface area (Å²) in [6.07, 6.45) is 2.27. The van der Waals surface area contributed by atoms with Gasteiger partial charge in [0.15, 0.2) is 6.29 Å². The Kier molecular flexibility index (Phi) is 6.87. The standard InChI is InChI=1S/C24H24F2N4O4/c1-33-21-7-6-16(25)10-18(21)24(32)28-11-15-5-4-14(9-20(15)26)22-19(12-31)23(27)30(29-22)17-3-2-8-34-13-17/h4-7,9-10,12,17H,2-3,8,11,13,27H2,1H3,(H,28,32). The Hall–Kier alpha value is -3.79. The van der Waals surface area contributed by atoms with E-state index in [9.17, 15) is 18.4 Å². The van der Waals surface area contributed by atoms with E-state index in [1.165, 1.54) is 31.4 Å². The second-order valence-corrected chi connectivity index (χ2v) is 7.91. The van der Waals surface area contributed by atoms with E-state index in [0.29, 0.717) is 25.1 Å². The Bertz CT molecular complexity index is 1220. The third kappa shape index (κ3) is 4.62. The van der Waals surface area contributed by atoms with Crippen LogP contribution >= 0.6 is 0 Å². The summed E-state index contributed by atoms with van der Waals surface area (Å²) >= 11 is 0. The number of ether oxygens (including phenoxy) is 2. The van der Waals surface area contributed by atoms with Crippen LogP contribution in [0.25, 0.3) is 11.3 Å². The second kappa shape index (κ2) is 10.0. The van der Waals surface area contributed by atoms with Crippen molar-refractivity contribution in [2.75, 3.05) is 26.1 Å². The maximum Gasteiger partial charge on any atom is 0.255 e. The van der Waals surface area contributed by atoms with Crippen LogP contribution in [0, 0.1) is 11.6 Å². The minimum absolute atomic E-state index is 0.00265. The van der Waals surface area contributed by atoms with Crippen LogP contribution in [0.3, 0.4) is 0 Å². The van der Waals surface area contributed by atoms with Crippen LogP contribution < -0.4 is 15.8 Å². The quantitative estimate of drug-likeness (QED) is 0.512. The normalized spacial score (nSPS) is 15.7. The number of halogens is 2. The summed E-state index contributed by atoms with van der Waals surface area (Å²) < 4.78 is 40.6. The first-order valence-electron chi connectivity index (χ1n) is 10.7. The third-order valence-electron chi connectivity index (χ3n) is 5.76. The van der Waals surface area contributed by atoms with E-state index in [0.717, 1.165) is 18.9 Å². The summed E-state index contributed by atoms with van der Waals surface area (Å²) in [5, 5.41) is 7.04. The van der Waals surface area contributed by atoms with Crippen molar-refractivity contribution < 1.29 is 27.8 Å². The first-order valence-corrected chi connectivity index (χ1v) is 10.7. The predicted octanol–water partition coefficient (Wildman–Crippen LogP) is 3.51. The molecule has 10 heteroatoms. The first kappa shape index (κ1) is 23.4. The lowest BCUT2D eigenvalue weighted by Gasteiger charge is -2.23. The number of nitrogens with zero attached hydrogens (tertiary/aromatic N) is 2. The number of nitrogens with two attached hydrogens (primary N) is 1. The van der Waals surface area contributed by atoms with Gasteiger partial charge >= 0.3 is 0 Å². The van der Waals surface area contributed by atoms with E-state index < -0.39 is 17.5 Å². The Labute approximate surface area is 194 Å². The summed E-state index contributed by atoms with van der Waals surface area (Å²) in [4.78, 5) is 24.2. The van der Waals surface area contributed by atoms with Gasteiger partial charge in [-0.05, 0) is 37.1 Å². The number of nitrogen functional groups attached to an aromatic ring is 1. The van der Waals surface area contributed by atoms with Crippen molar-refractivity contribution in [1.82, 2.24) is 15.1 Å². The van der Waals surface area contributed by atoms with Crippen molar-refractivity contribution in [3.63, 3.8) is 0 Å². The third-order valence-corrected chi connectivity index (χ3v) is 5.76. The minimum Gasteiger partial charge on any atom is -0.496 e. The molecule has 1 atom stereocenters. The number of rotatable bonds is 7. The number of hydrogen-bond donors (Lipinski definition) is 2. The lowest BCUT2D eigenvalue weighted by molar-refractivity contribution is 0.0558. The maximum absolute atomic E-state index is 14.9. The summed E-state index contributed by atoms with van der Waals surface area (Å²) in [7, 11) is 1.37. The largest absolute Gasteiger partial charge is 0.496 e. The number of nitrogens with one attached hydrogen (secondary N) is 1. The van der Waals surface area contributed by atoms with Crippen molar-refractivity contribution >= 4 is 18.0 Å². The topological polar surface area (TPSA) is 108 Å². The zero-order chi connectivity index (χ0) is 24.2. The monoisotopic (exact) mass is 470 g/mol. The molecule has 3 N–H and O–H groups in total. The highest BCUT2D eigenvalue weighted by atomic mass is 19.1. The summed E-state index contributed by atoms with van der Waals surface area (Å²) in [5.41, 5.74) is 7.20. The van der Waals surface area contributed by atoms with Gasteiger partial charge in [-0.1, -0.05) is 12.1 Å². The lowest BCUT2D eigenvalue weighted by Crippen LogP contribution is -2.24. The van der Waals surface area contributed by atoms with Gasteiger partial charge < -0.3 is 20.5 Å². The van der Waals surface area contributed by atoms with Crippen molar-refractivity contribution in [2.45, 2.75) is 25.4 Å². The number of aldehydes is 1. The Balaban J connectivity index is 1.54. The van der Waals surface area contributed by atoms with Crippen molar-refractivity contribution in [1.29, 1.82) is 0 Å². The average molecular weight is 470 g/mol. The molecule has 1 saturated heterocycles. The Morgan fingerprint density at radius 3 is 2.82 bits per heavy atom. The molecule has 1 aliphatic heterocycles. The molecule has 2 aromatic carbocycles. The fourth-order valence-electron chi connectivity index (χ4n) is 3.95. The van der Waals surface area contributed by atoms with E-state index in [-0.39, 0.29) is 46.5 Å². The summed E-state index contributed by atoms with van der Waals surface area (Å²) in [5.74, 6) is -1.39. The molecule has 1 unspecified atom stereocenters. The van der Waals surface area contributed by atoms with Gasteiger partial charge in [0, 0.05) is 24.3 Å². The van der Waals surface area contributed by atoms with Gasteiger partial charge in [-0.3, -0.25) is 9.59 Å². The molecule has 1 aromatic heterocycles. The number of aromatic nitrogens is 2. The van der Waals surface area contributed by atoms with Gasteiger partial charge in [-0.2, -0.15) is 5.10 Å². The van der Waals surface area contributed by atoms with E-state index in [1.807, 2.05) is 0 Å². The summed E-state index contributed by atoms with van der Waals surface area (Å²) in [6, 6.07) is 7.80. The van der Waals surface area contributed by atoms with Gasteiger partial charge in [0.05, 0.1) is 30.9 Å². The number of hydrogen-bond acceptors (Lipinski definition) is 6. The molecule has 34 heavy (non-hydrogen) atoms. The fourth-order valence-corrected chi connectivity index (χ4v) is 3.95. The molecule has 178 valence electrons. The Morgan fingerprint density at radius 1 is 1.32 bits per heavy atom. The van der Waals surface area contributed by atoms with Crippen LogP contribution in [0.15, 0.2) is 36.4 Å². The van der Waals surface area contributed by atoms with Crippen molar-refractivity contribution in [3.8, 4) is 17.0 Å². The van der Waals surface area contributed by atoms with Gasteiger partial charge in [-0.25, -0.2) is 13.5 Å². The number of methoxy groups -OCH3 is 1. The molecule has 1 amide bonds. The molecule has 1 fully saturated rings. The number of anilines is 1. The van der Waals surface area contributed by atoms with Crippen LogP contribution in [-0.2, 0) is 11.3 Å². The number of benzene rings is 2. The highest BCUT2D eigenvalue weighted by Crippen LogP contribution is 2.31. The molecule has 4 rings (SSSR count). The zero-order valence-electron chi connectivity index (χ0n) is 18.5. The molecule has 8 nitrogen and oxygen atoms in total. The molecule has 0 bridgehead atoms. The van der Waals surface area contributed by atoms with Gasteiger partial charge in [0.25, 0.3) is 5.91 Å². The second-order valence-electron chi connectivity index (χ2n) is 7.91. The van der Waals surface area contributed by atoms with E-state index in [1.54, 1.807) is 10.7 Å². The van der Waals surface area contributed by atoms with E-state index >= 15 is 0 Å². The van der Waals surface area contributed by atoms with Gasteiger partial charge in [-0.15, -0.1) is 0 Å². The number of amides is 1. The predicted molar refractivity (Wildman–Crippen MR) is 121 cm³/mol. The van der Waals surface area contributed by atoms with Crippen molar-refractivity contribution in [3.05, 3.63) is 64.7 Å². The maximum atomic E-state index is 14.9. The van der Waals surface area contributed by atoms with Gasteiger partial charge in [0.2, 0.25) is 0 Å². The average Bonchev–Trinajstić information content (AvgIpc) is 3.19. The minimum atomic E-state index is -0.607. The molecular formula is C24H24F2N4O4. The smallest absolute Gasteiger partial charge is 0.255 e. The lowest BCUT2D eigenvalue weighted by atomic mass is 10.0. The highest BCUT2D eigenvalue weighted by molar-refractivity contribution is 5.97. The van der Waals surface area contributed by atoms with Crippen molar-refractivity contribution in [2.24, 2.45) is 0 Å². The van der Waals surface area contributed by atoms with Crippen LogP contribution in [0.1, 0.15) is 45.2 Å². The van der Waals surface area contributed by atoms with Crippen LogP contribution in [-0.4, -0.2) is 42.3 Å². The van der Waals surface area contributed by atoms with E-state index in [2.05, 4.69) is 10.4 Å². The summed E-state index contributed by atoms with van der Waals surface area (Å²) in [6.45, 7) is 0.966. The number of carbonyl (C=O) groups is 2. The van der Waals surface area contributed by atoms with Gasteiger partial charge in [0.1, 0.15) is 28.9 Å². The van der Waals surface area contributed by atoms with Crippen LogP contribution in [0.2, 0.25) is 0 Å². The molecule has 2 heterocycles. The van der Waals surface area contributed by atoms with E-state index in [4.69, 9.17) is 15.2 Å². The fraction of sp³-hybridized carbons (Fsp3) is 0.292. The molecule has 0 saturated carbocycles.